The monoisotopic (exact) mass is 437 g/mol. The summed E-state index contributed by atoms with van der Waals surface area (Å²) in [7, 11) is -7.11. The molecular formula is C16H24ClN3O5S2. The highest BCUT2D eigenvalue weighted by atomic mass is 35.5. The van der Waals surface area contributed by atoms with Gasteiger partial charge in [0.15, 0.2) is 0 Å². The molecule has 0 aromatic heterocycles. The van der Waals surface area contributed by atoms with Gasteiger partial charge in [0.2, 0.25) is 20.0 Å². The third-order valence-electron chi connectivity index (χ3n) is 4.07. The molecule has 1 heterocycles. The Labute approximate surface area is 165 Å². The van der Waals surface area contributed by atoms with E-state index in [1.807, 2.05) is 0 Å². The van der Waals surface area contributed by atoms with E-state index in [0.29, 0.717) is 19.4 Å². The Morgan fingerprint density at radius 1 is 1.26 bits per heavy atom. The van der Waals surface area contributed by atoms with Crippen LogP contribution in [-0.4, -0.2) is 58.5 Å². The molecule has 0 bridgehead atoms. The van der Waals surface area contributed by atoms with Gasteiger partial charge >= 0.3 is 0 Å². The van der Waals surface area contributed by atoms with E-state index in [-0.39, 0.29) is 34.1 Å². The van der Waals surface area contributed by atoms with E-state index in [2.05, 4.69) is 10.0 Å². The van der Waals surface area contributed by atoms with Crippen molar-refractivity contribution in [1.82, 2.24) is 14.3 Å². The van der Waals surface area contributed by atoms with E-state index in [0.717, 1.165) is 6.26 Å². The summed E-state index contributed by atoms with van der Waals surface area (Å²) in [6.07, 6.45) is 2.38. The number of hydrogen-bond donors (Lipinski definition) is 2. The molecular weight excluding hydrogens is 414 g/mol. The number of sulfonamides is 2. The fourth-order valence-electron chi connectivity index (χ4n) is 2.85. The lowest BCUT2D eigenvalue weighted by Gasteiger charge is -2.31. The first kappa shape index (κ1) is 22.1. The van der Waals surface area contributed by atoms with Gasteiger partial charge in [-0.3, -0.25) is 4.79 Å². The number of nitrogens with zero attached hydrogens (tertiary/aromatic N) is 1. The molecule has 0 saturated carbocycles. The van der Waals surface area contributed by atoms with E-state index < -0.39 is 26.0 Å². The molecule has 0 radical (unpaired) electrons. The van der Waals surface area contributed by atoms with Crippen molar-refractivity contribution in [3.05, 3.63) is 28.8 Å². The van der Waals surface area contributed by atoms with E-state index in [1.54, 1.807) is 13.8 Å². The number of amides is 1. The smallest absolute Gasteiger partial charge is 0.253 e. The molecule has 1 aliphatic heterocycles. The highest BCUT2D eigenvalue weighted by Crippen LogP contribution is 2.22. The standard InChI is InChI=1S/C16H24ClN3O5S2/c1-11(2)19-27(24,25)13-6-7-15(17)14(9-13)16(21)18-12-5-4-8-20(10-12)26(3,22)23/h6-7,9,11-12,19H,4-5,8,10H2,1-3H3,(H,18,21). The highest BCUT2D eigenvalue weighted by molar-refractivity contribution is 7.89. The van der Waals surface area contributed by atoms with Gasteiger partial charge in [-0.05, 0) is 44.9 Å². The van der Waals surface area contributed by atoms with E-state index in [4.69, 9.17) is 11.6 Å². The van der Waals surface area contributed by atoms with Crippen molar-refractivity contribution in [1.29, 1.82) is 0 Å². The van der Waals surface area contributed by atoms with Crippen LogP contribution in [0.4, 0.5) is 0 Å². The second-order valence-electron chi connectivity index (χ2n) is 6.85. The lowest BCUT2D eigenvalue weighted by Crippen LogP contribution is -2.49. The van der Waals surface area contributed by atoms with Crippen LogP contribution in [0.1, 0.15) is 37.0 Å². The third kappa shape index (κ3) is 5.89. The molecule has 11 heteroatoms. The van der Waals surface area contributed by atoms with Gasteiger partial charge in [0.1, 0.15) is 0 Å². The number of piperidine rings is 1. The Kier molecular flexibility index (Phi) is 6.91. The lowest BCUT2D eigenvalue weighted by atomic mass is 10.1. The number of hydrogen-bond acceptors (Lipinski definition) is 5. The maximum Gasteiger partial charge on any atom is 0.253 e. The first-order valence-electron chi connectivity index (χ1n) is 8.48. The topological polar surface area (TPSA) is 113 Å². The van der Waals surface area contributed by atoms with Crippen LogP contribution in [-0.2, 0) is 20.0 Å². The predicted molar refractivity (Wildman–Crippen MR) is 104 cm³/mol. The first-order chi connectivity index (χ1) is 12.4. The molecule has 1 atom stereocenters. The molecule has 1 unspecified atom stereocenters. The van der Waals surface area contributed by atoms with Crippen LogP contribution < -0.4 is 10.0 Å². The Balaban J connectivity index is 2.20. The van der Waals surface area contributed by atoms with Crippen molar-refractivity contribution >= 4 is 37.6 Å². The molecule has 1 amide bonds. The zero-order valence-electron chi connectivity index (χ0n) is 15.4. The Hall–Kier alpha value is -1.20. The summed E-state index contributed by atoms with van der Waals surface area (Å²) < 4.78 is 51.8. The van der Waals surface area contributed by atoms with Gasteiger partial charge < -0.3 is 5.32 Å². The summed E-state index contributed by atoms with van der Waals surface area (Å²) in [6.45, 7) is 3.98. The van der Waals surface area contributed by atoms with Crippen molar-refractivity contribution in [3.63, 3.8) is 0 Å². The van der Waals surface area contributed by atoms with Crippen molar-refractivity contribution in [2.75, 3.05) is 19.3 Å². The average Bonchev–Trinajstić information content (AvgIpc) is 2.53. The summed E-state index contributed by atoms with van der Waals surface area (Å²) in [5.74, 6) is -0.540. The zero-order chi connectivity index (χ0) is 20.4. The zero-order valence-corrected chi connectivity index (χ0v) is 17.8. The van der Waals surface area contributed by atoms with E-state index in [9.17, 15) is 21.6 Å². The van der Waals surface area contributed by atoms with Crippen molar-refractivity contribution in [3.8, 4) is 0 Å². The maximum absolute atomic E-state index is 12.6. The molecule has 0 aliphatic carbocycles. The van der Waals surface area contributed by atoms with Crippen LogP contribution in [0, 0.1) is 0 Å². The minimum atomic E-state index is -3.77. The van der Waals surface area contributed by atoms with E-state index in [1.165, 1.54) is 22.5 Å². The molecule has 1 aromatic carbocycles. The second-order valence-corrected chi connectivity index (χ2v) is 11.0. The predicted octanol–water partition coefficient (Wildman–Crippen LogP) is 1.18. The van der Waals surface area contributed by atoms with Gasteiger partial charge in [-0.25, -0.2) is 25.9 Å². The molecule has 2 rings (SSSR count). The van der Waals surface area contributed by atoms with Gasteiger partial charge in [-0.15, -0.1) is 0 Å². The van der Waals surface area contributed by atoms with Crippen LogP contribution in [0.2, 0.25) is 5.02 Å². The maximum atomic E-state index is 12.6. The number of halogens is 1. The summed E-state index contributed by atoms with van der Waals surface area (Å²) in [5, 5.41) is 2.87. The third-order valence-corrected chi connectivity index (χ3v) is 7.33. The minimum absolute atomic E-state index is 0.0276. The molecule has 1 saturated heterocycles. The highest BCUT2D eigenvalue weighted by Gasteiger charge is 2.28. The summed E-state index contributed by atoms with van der Waals surface area (Å²) in [5.41, 5.74) is 0.0276. The van der Waals surface area contributed by atoms with Crippen molar-refractivity contribution in [2.24, 2.45) is 0 Å². The molecule has 1 aliphatic rings. The first-order valence-corrected chi connectivity index (χ1v) is 12.2. The normalized spacial score (nSPS) is 19.2. The molecule has 0 spiro atoms. The summed E-state index contributed by atoms with van der Waals surface area (Å²) in [4.78, 5) is 12.5. The van der Waals surface area contributed by atoms with Crippen LogP contribution >= 0.6 is 11.6 Å². The average molecular weight is 438 g/mol. The Morgan fingerprint density at radius 2 is 1.93 bits per heavy atom. The number of benzene rings is 1. The second kappa shape index (κ2) is 8.44. The molecule has 2 N–H and O–H groups in total. The SMILES string of the molecule is CC(C)NS(=O)(=O)c1ccc(Cl)c(C(=O)NC2CCCN(S(C)(=O)=O)C2)c1. The number of nitrogens with one attached hydrogen (secondary N) is 2. The van der Waals surface area contributed by atoms with Gasteiger partial charge in [0, 0.05) is 25.2 Å². The van der Waals surface area contributed by atoms with Crippen LogP contribution in [0.3, 0.4) is 0 Å². The Morgan fingerprint density at radius 3 is 2.52 bits per heavy atom. The van der Waals surface area contributed by atoms with Gasteiger partial charge in [0.25, 0.3) is 5.91 Å². The van der Waals surface area contributed by atoms with Crippen LogP contribution in [0.15, 0.2) is 23.1 Å². The summed E-state index contributed by atoms with van der Waals surface area (Å²) in [6, 6.07) is 3.24. The molecule has 152 valence electrons. The number of carbonyl (C=O) groups excluding carboxylic acids is 1. The quantitative estimate of drug-likeness (QED) is 0.693. The van der Waals surface area contributed by atoms with E-state index >= 15 is 0 Å². The Bertz CT molecular complexity index is 916. The fraction of sp³-hybridized carbons (Fsp3) is 0.562. The van der Waals surface area contributed by atoms with Gasteiger partial charge in [-0.2, -0.15) is 0 Å². The van der Waals surface area contributed by atoms with Crippen molar-refractivity contribution in [2.45, 2.75) is 43.7 Å². The minimum Gasteiger partial charge on any atom is -0.348 e. The summed E-state index contributed by atoms with van der Waals surface area (Å²) >= 11 is 6.08. The molecule has 1 fully saturated rings. The van der Waals surface area contributed by atoms with Crippen molar-refractivity contribution < 1.29 is 21.6 Å². The van der Waals surface area contributed by atoms with Gasteiger partial charge in [0.05, 0.1) is 21.7 Å². The molecule has 27 heavy (non-hydrogen) atoms. The largest absolute Gasteiger partial charge is 0.348 e. The van der Waals surface area contributed by atoms with Crippen LogP contribution in [0.5, 0.6) is 0 Å². The number of rotatable bonds is 6. The lowest BCUT2D eigenvalue weighted by molar-refractivity contribution is 0.0921. The fourth-order valence-corrected chi connectivity index (χ4v) is 5.24. The van der Waals surface area contributed by atoms with Crippen LogP contribution in [0.25, 0.3) is 0 Å². The number of carbonyl (C=O) groups is 1. The molecule has 1 aromatic rings. The molecule has 8 nitrogen and oxygen atoms in total. The van der Waals surface area contributed by atoms with Gasteiger partial charge in [-0.1, -0.05) is 11.6 Å².